The standard InChI is InChI=1S/C47H40O10/c1-23-16-28(6-11-34(23)29-9-14-39(24(2)17-29)54-42(48)31-7-12-35-37(21-31)46(52)56-44(35)50)33-19-26(4)41(27(5)20-33)30-10-15-40(25(3)18-30)55-43(49)32-8-13-36-38(22-32)47(53)57-45(36)51/h7-10,12-15,17-18,21-22,26,28,33H,6,11,16,19-20H2,1-5H3. The average Bonchev–Trinajstić information content (AvgIpc) is 3.63. The summed E-state index contributed by atoms with van der Waals surface area (Å²) in [6.45, 7) is 10.6. The predicted octanol–water partition coefficient (Wildman–Crippen LogP) is 9.46. The topological polar surface area (TPSA) is 139 Å². The smallest absolute Gasteiger partial charge is 0.346 e. The van der Waals surface area contributed by atoms with Crippen LogP contribution in [0.5, 0.6) is 11.5 Å². The number of benzene rings is 4. The minimum atomic E-state index is -0.773. The van der Waals surface area contributed by atoms with Crippen molar-refractivity contribution in [2.45, 2.75) is 66.7 Å². The van der Waals surface area contributed by atoms with Gasteiger partial charge in [-0.1, -0.05) is 30.2 Å². The molecule has 2 aliphatic carbocycles. The van der Waals surface area contributed by atoms with Gasteiger partial charge >= 0.3 is 35.8 Å². The van der Waals surface area contributed by atoms with E-state index in [2.05, 4.69) is 42.4 Å². The Morgan fingerprint density at radius 2 is 1.07 bits per heavy atom. The maximum Gasteiger partial charge on any atom is 0.346 e. The highest BCUT2D eigenvalue weighted by Gasteiger charge is 2.35. The van der Waals surface area contributed by atoms with Crippen LogP contribution in [-0.4, -0.2) is 35.8 Å². The SMILES string of the molecule is CC1=C(c2ccc(OC(=O)c3ccc4c(c3)C(=O)OC4=O)c(C)c2)CCC(C2CC(C)=C(c3ccc(OC(=O)c4ccc5c(c4)C(=O)OC5=O)c(C)c3)C(C)C2)C1. The van der Waals surface area contributed by atoms with Crippen LogP contribution in [0.3, 0.4) is 0 Å². The van der Waals surface area contributed by atoms with Crippen molar-refractivity contribution >= 4 is 47.0 Å². The van der Waals surface area contributed by atoms with Gasteiger partial charge in [0.15, 0.2) is 0 Å². The lowest BCUT2D eigenvalue weighted by molar-refractivity contribution is 0.0425. The number of hydrogen-bond donors (Lipinski definition) is 0. The number of esters is 6. The summed E-state index contributed by atoms with van der Waals surface area (Å²) in [5, 5.41) is 0. The summed E-state index contributed by atoms with van der Waals surface area (Å²) < 4.78 is 20.7. The summed E-state index contributed by atoms with van der Waals surface area (Å²) in [6.07, 6.45) is 5.18. The van der Waals surface area contributed by atoms with E-state index in [4.69, 9.17) is 9.47 Å². The van der Waals surface area contributed by atoms with Crippen LogP contribution in [0.4, 0.5) is 0 Å². The number of allylic oxidation sites excluding steroid dienone is 4. The van der Waals surface area contributed by atoms with Gasteiger partial charge in [-0.3, -0.25) is 0 Å². The minimum Gasteiger partial charge on any atom is -0.423 e. The molecule has 0 saturated heterocycles. The first-order valence-corrected chi connectivity index (χ1v) is 19.1. The van der Waals surface area contributed by atoms with Crippen LogP contribution in [0.2, 0.25) is 0 Å². The molecule has 0 fully saturated rings. The lowest BCUT2D eigenvalue weighted by atomic mass is 9.67. The number of carbonyl (C=O) groups excluding carboxylic acids is 6. The summed E-state index contributed by atoms with van der Waals surface area (Å²) in [4.78, 5) is 73.5. The molecule has 3 unspecified atom stereocenters. The largest absolute Gasteiger partial charge is 0.423 e. The van der Waals surface area contributed by atoms with Crippen LogP contribution < -0.4 is 9.47 Å². The van der Waals surface area contributed by atoms with Crippen LogP contribution >= 0.6 is 0 Å². The summed E-state index contributed by atoms with van der Waals surface area (Å²) in [5.74, 6) is -1.90. The van der Waals surface area contributed by atoms with Crippen molar-refractivity contribution < 1.29 is 47.7 Å². The number of fused-ring (bicyclic) bond motifs is 2. The third-order valence-electron chi connectivity index (χ3n) is 11.9. The van der Waals surface area contributed by atoms with E-state index in [1.807, 2.05) is 38.1 Å². The first-order chi connectivity index (χ1) is 27.2. The number of cyclic esters (lactones) is 4. The fraction of sp³-hybridized carbons (Fsp3) is 0.277. The maximum absolute atomic E-state index is 13.0. The Labute approximate surface area is 329 Å². The highest BCUT2D eigenvalue weighted by molar-refractivity contribution is 6.16. The molecule has 10 nitrogen and oxygen atoms in total. The fourth-order valence-corrected chi connectivity index (χ4v) is 9.05. The molecular formula is C47H40O10. The Kier molecular flexibility index (Phi) is 9.59. The van der Waals surface area contributed by atoms with Crippen LogP contribution in [0, 0.1) is 31.6 Å². The Bertz CT molecular complexity index is 2530. The second-order valence-corrected chi connectivity index (χ2v) is 15.7. The summed E-state index contributed by atoms with van der Waals surface area (Å²) >= 11 is 0. The molecule has 4 aromatic carbocycles. The molecule has 0 amide bonds. The molecule has 2 aliphatic heterocycles. The van der Waals surface area contributed by atoms with Gasteiger partial charge in [-0.15, -0.1) is 0 Å². The van der Waals surface area contributed by atoms with Gasteiger partial charge in [-0.25, -0.2) is 28.8 Å². The quantitative estimate of drug-likeness (QED) is 0.102. The lowest BCUT2D eigenvalue weighted by Gasteiger charge is -2.38. The van der Waals surface area contributed by atoms with Gasteiger partial charge in [0.1, 0.15) is 11.5 Å². The number of ether oxygens (including phenoxy) is 4. The van der Waals surface area contributed by atoms with Gasteiger partial charge in [0.2, 0.25) is 0 Å². The van der Waals surface area contributed by atoms with Gasteiger partial charge in [-0.2, -0.15) is 0 Å². The van der Waals surface area contributed by atoms with Gasteiger partial charge < -0.3 is 18.9 Å². The van der Waals surface area contributed by atoms with Gasteiger partial charge in [-0.05, 0) is 172 Å². The molecule has 0 bridgehead atoms. The molecule has 3 atom stereocenters. The van der Waals surface area contributed by atoms with Crippen LogP contribution in [-0.2, 0) is 9.47 Å². The molecular weight excluding hydrogens is 725 g/mol. The molecule has 288 valence electrons. The lowest BCUT2D eigenvalue weighted by Crippen LogP contribution is -2.25. The molecule has 0 radical (unpaired) electrons. The van der Waals surface area contributed by atoms with E-state index in [-0.39, 0.29) is 33.4 Å². The van der Waals surface area contributed by atoms with E-state index in [1.165, 1.54) is 58.7 Å². The zero-order valence-electron chi connectivity index (χ0n) is 32.3. The Morgan fingerprint density at radius 1 is 0.579 bits per heavy atom. The van der Waals surface area contributed by atoms with Crippen molar-refractivity contribution in [2.75, 3.05) is 0 Å². The molecule has 10 heteroatoms. The molecule has 0 saturated carbocycles. The first kappa shape index (κ1) is 37.5. The van der Waals surface area contributed by atoms with E-state index in [0.29, 0.717) is 29.3 Å². The monoisotopic (exact) mass is 764 g/mol. The second kappa shape index (κ2) is 14.6. The zero-order chi connectivity index (χ0) is 40.3. The summed E-state index contributed by atoms with van der Waals surface area (Å²) in [7, 11) is 0. The van der Waals surface area contributed by atoms with E-state index < -0.39 is 35.8 Å². The Balaban J connectivity index is 0.909. The number of hydrogen-bond acceptors (Lipinski definition) is 10. The van der Waals surface area contributed by atoms with Crippen molar-refractivity contribution in [1.82, 2.24) is 0 Å². The van der Waals surface area contributed by atoms with E-state index in [1.54, 1.807) is 0 Å². The maximum atomic E-state index is 13.0. The first-order valence-electron chi connectivity index (χ1n) is 19.1. The third kappa shape index (κ3) is 7.01. The van der Waals surface area contributed by atoms with Crippen molar-refractivity contribution in [3.8, 4) is 11.5 Å². The van der Waals surface area contributed by atoms with E-state index in [9.17, 15) is 28.8 Å². The molecule has 4 aliphatic rings. The average molecular weight is 765 g/mol. The van der Waals surface area contributed by atoms with E-state index in [0.717, 1.165) is 54.4 Å². The molecule has 2 heterocycles. The highest BCUT2D eigenvalue weighted by Crippen LogP contribution is 2.48. The number of aryl methyl sites for hydroxylation is 2. The molecule has 8 rings (SSSR count). The van der Waals surface area contributed by atoms with Crippen molar-refractivity contribution in [1.29, 1.82) is 0 Å². The van der Waals surface area contributed by atoms with E-state index >= 15 is 0 Å². The van der Waals surface area contributed by atoms with Crippen LogP contribution in [0.1, 0.15) is 137 Å². The van der Waals surface area contributed by atoms with Crippen LogP contribution in [0.15, 0.2) is 83.9 Å². The van der Waals surface area contributed by atoms with Gasteiger partial charge in [0.25, 0.3) is 0 Å². The Morgan fingerprint density at radius 3 is 1.58 bits per heavy atom. The van der Waals surface area contributed by atoms with Crippen molar-refractivity contribution in [2.24, 2.45) is 17.8 Å². The third-order valence-corrected chi connectivity index (χ3v) is 11.9. The summed E-state index contributed by atoms with van der Waals surface area (Å²) in [6, 6.07) is 20.1. The minimum absolute atomic E-state index is 0.0583. The second-order valence-electron chi connectivity index (χ2n) is 15.7. The molecule has 0 spiro atoms. The Hall–Kier alpha value is -6.42. The summed E-state index contributed by atoms with van der Waals surface area (Å²) in [5.41, 5.74) is 10.0. The zero-order valence-corrected chi connectivity index (χ0v) is 32.3. The molecule has 4 aromatic rings. The molecule has 0 N–H and O–H groups in total. The molecule has 57 heavy (non-hydrogen) atoms. The molecule has 0 aromatic heterocycles. The fourth-order valence-electron chi connectivity index (χ4n) is 9.05. The predicted molar refractivity (Wildman–Crippen MR) is 209 cm³/mol. The number of carbonyl (C=O) groups is 6. The van der Waals surface area contributed by atoms with Crippen molar-refractivity contribution in [3.63, 3.8) is 0 Å². The van der Waals surface area contributed by atoms with Gasteiger partial charge in [0, 0.05) is 0 Å². The normalized spacial score (nSPS) is 20.3. The van der Waals surface area contributed by atoms with Crippen molar-refractivity contribution in [3.05, 3.63) is 140 Å². The number of rotatable bonds is 7. The highest BCUT2D eigenvalue weighted by atomic mass is 16.6. The van der Waals surface area contributed by atoms with Gasteiger partial charge in [0.05, 0.1) is 33.4 Å². The van der Waals surface area contributed by atoms with Crippen LogP contribution in [0.25, 0.3) is 11.1 Å².